The lowest BCUT2D eigenvalue weighted by Crippen LogP contribution is -2.40. The molecule has 0 saturated carbocycles. The molecule has 2 heterocycles. The molecule has 1 aliphatic rings. The number of nitrogens with zero attached hydrogens (tertiary/aromatic N) is 3. The van der Waals surface area contributed by atoms with Crippen LogP contribution in [0.2, 0.25) is 0 Å². The largest absolute Gasteiger partial charge is 0.325 e. The standard InChI is InChI=1S/C21H27N5O3/c1-6-17(26-14(3)11-13(2)24-26)18(27)22-16-9-7-15(8-10-16)12-25-19(28)21(4,5)23-20(25)29/h7-11,17H,6,12H2,1-5H3,(H,22,27)(H,23,29). The maximum absolute atomic E-state index is 12.7. The molecule has 1 aliphatic heterocycles. The van der Waals surface area contributed by atoms with Crippen LogP contribution in [0.5, 0.6) is 0 Å². The third-order valence-electron chi connectivity index (χ3n) is 5.04. The third-order valence-corrected chi connectivity index (χ3v) is 5.04. The van der Waals surface area contributed by atoms with E-state index in [0.717, 1.165) is 17.0 Å². The van der Waals surface area contributed by atoms with E-state index in [2.05, 4.69) is 15.7 Å². The zero-order valence-electron chi connectivity index (χ0n) is 17.4. The first-order chi connectivity index (χ1) is 13.6. The summed E-state index contributed by atoms with van der Waals surface area (Å²) in [7, 11) is 0. The van der Waals surface area contributed by atoms with Gasteiger partial charge in [-0.2, -0.15) is 5.10 Å². The smallest absolute Gasteiger partial charge is 0.324 e. The maximum Gasteiger partial charge on any atom is 0.325 e. The van der Waals surface area contributed by atoms with E-state index in [1.807, 2.05) is 26.8 Å². The molecule has 0 aliphatic carbocycles. The molecule has 0 radical (unpaired) electrons. The van der Waals surface area contributed by atoms with E-state index in [-0.39, 0.29) is 18.4 Å². The highest BCUT2D eigenvalue weighted by molar-refractivity contribution is 6.06. The SMILES string of the molecule is CCC(C(=O)Nc1ccc(CN2C(=O)NC(C)(C)C2=O)cc1)n1nc(C)cc1C. The van der Waals surface area contributed by atoms with Crippen molar-refractivity contribution in [3.8, 4) is 0 Å². The molecule has 2 aromatic rings. The van der Waals surface area contributed by atoms with Crippen LogP contribution in [-0.2, 0) is 16.1 Å². The summed E-state index contributed by atoms with van der Waals surface area (Å²) in [6.45, 7) is 9.33. The van der Waals surface area contributed by atoms with Crippen LogP contribution >= 0.6 is 0 Å². The van der Waals surface area contributed by atoms with Gasteiger partial charge in [0.2, 0.25) is 5.91 Å². The van der Waals surface area contributed by atoms with Gasteiger partial charge in [-0.1, -0.05) is 19.1 Å². The predicted octanol–water partition coefficient (Wildman–Crippen LogP) is 2.92. The summed E-state index contributed by atoms with van der Waals surface area (Å²) in [6, 6.07) is 8.29. The van der Waals surface area contributed by atoms with Gasteiger partial charge in [0.25, 0.3) is 5.91 Å². The Morgan fingerprint density at radius 3 is 2.34 bits per heavy atom. The Labute approximate surface area is 170 Å². The fourth-order valence-corrected chi connectivity index (χ4v) is 3.49. The molecule has 1 saturated heterocycles. The summed E-state index contributed by atoms with van der Waals surface area (Å²) in [5.74, 6) is -0.391. The van der Waals surface area contributed by atoms with E-state index >= 15 is 0 Å². The number of carbonyl (C=O) groups excluding carboxylic acids is 3. The van der Waals surface area contributed by atoms with Gasteiger partial charge >= 0.3 is 6.03 Å². The van der Waals surface area contributed by atoms with Gasteiger partial charge in [-0.3, -0.25) is 19.2 Å². The highest BCUT2D eigenvalue weighted by Gasteiger charge is 2.44. The van der Waals surface area contributed by atoms with Crippen molar-refractivity contribution in [2.75, 3.05) is 5.32 Å². The fourth-order valence-electron chi connectivity index (χ4n) is 3.49. The molecule has 0 spiro atoms. The number of hydrogen-bond acceptors (Lipinski definition) is 4. The van der Waals surface area contributed by atoms with Crippen LogP contribution in [0.25, 0.3) is 0 Å². The molecule has 154 valence electrons. The predicted molar refractivity (Wildman–Crippen MR) is 109 cm³/mol. The molecule has 0 bridgehead atoms. The molecule has 1 aromatic heterocycles. The van der Waals surface area contributed by atoms with Crippen LogP contribution in [0.15, 0.2) is 30.3 Å². The summed E-state index contributed by atoms with van der Waals surface area (Å²) in [6.07, 6.45) is 0.619. The Bertz CT molecular complexity index is 946. The van der Waals surface area contributed by atoms with Gasteiger partial charge in [0, 0.05) is 11.4 Å². The molecule has 1 atom stereocenters. The van der Waals surface area contributed by atoms with Crippen LogP contribution in [0.1, 0.15) is 50.2 Å². The molecule has 8 heteroatoms. The normalized spacial score (nSPS) is 16.7. The van der Waals surface area contributed by atoms with Gasteiger partial charge in [0.1, 0.15) is 11.6 Å². The number of rotatable bonds is 6. The number of imide groups is 1. The summed E-state index contributed by atoms with van der Waals surface area (Å²) in [5, 5.41) is 10.0. The van der Waals surface area contributed by atoms with Gasteiger partial charge < -0.3 is 10.6 Å². The first-order valence-electron chi connectivity index (χ1n) is 9.69. The first kappa shape index (κ1) is 20.6. The number of aryl methyl sites for hydroxylation is 2. The minimum atomic E-state index is -0.886. The molecular formula is C21H27N5O3. The Balaban J connectivity index is 1.67. The average Bonchev–Trinajstić information content (AvgIpc) is 3.07. The van der Waals surface area contributed by atoms with Crippen molar-refractivity contribution in [2.45, 2.75) is 59.2 Å². The molecular weight excluding hydrogens is 370 g/mol. The molecule has 3 rings (SSSR count). The van der Waals surface area contributed by atoms with Crippen LogP contribution in [0.4, 0.5) is 10.5 Å². The Morgan fingerprint density at radius 1 is 1.21 bits per heavy atom. The van der Waals surface area contributed by atoms with Crippen LogP contribution in [-0.4, -0.2) is 38.1 Å². The molecule has 1 aromatic carbocycles. The molecule has 29 heavy (non-hydrogen) atoms. The van der Waals surface area contributed by atoms with Gasteiger partial charge in [0.05, 0.1) is 12.2 Å². The summed E-state index contributed by atoms with van der Waals surface area (Å²) in [4.78, 5) is 38.3. The molecule has 8 nitrogen and oxygen atoms in total. The number of anilines is 1. The zero-order valence-corrected chi connectivity index (χ0v) is 17.4. The van der Waals surface area contributed by atoms with Gasteiger partial charge in [-0.15, -0.1) is 0 Å². The number of carbonyl (C=O) groups is 3. The molecule has 2 N–H and O–H groups in total. The van der Waals surface area contributed by atoms with Crippen molar-refractivity contribution < 1.29 is 14.4 Å². The van der Waals surface area contributed by atoms with Crippen molar-refractivity contribution in [3.05, 3.63) is 47.3 Å². The van der Waals surface area contributed by atoms with Gasteiger partial charge in [0.15, 0.2) is 0 Å². The molecule has 1 unspecified atom stereocenters. The van der Waals surface area contributed by atoms with Crippen molar-refractivity contribution in [1.82, 2.24) is 20.0 Å². The van der Waals surface area contributed by atoms with E-state index in [1.165, 1.54) is 4.90 Å². The van der Waals surface area contributed by atoms with Crippen molar-refractivity contribution in [1.29, 1.82) is 0 Å². The monoisotopic (exact) mass is 397 g/mol. The second-order valence-electron chi connectivity index (χ2n) is 7.93. The summed E-state index contributed by atoms with van der Waals surface area (Å²) >= 11 is 0. The van der Waals surface area contributed by atoms with E-state index < -0.39 is 17.6 Å². The number of nitrogens with one attached hydrogen (secondary N) is 2. The van der Waals surface area contributed by atoms with Crippen molar-refractivity contribution in [2.24, 2.45) is 0 Å². The summed E-state index contributed by atoms with van der Waals surface area (Å²) in [5.41, 5.74) is 2.38. The highest BCUT2D eigenvalue weighted by atomic mass is 16.2. The minimum Gasteiger partial charge on any atom is -0.324 e. The number of aromatic nitrogens is 2. The van der Waals surface area contributed by atoms with Crippen LogP contribution in [0.3, 0.4) is 0 Å². The Kier molecular flexibility index (Phi) is 5.46. The lowest BCUT2D eigenvalue weighted by atomic mass is 10.1. The van der Waals surface area contributed by atoms with Gasteiger partial charge in [-0.05, 0) is 57.9 Å². The van der Waals surface area contributed by atoms with Crippen LogP contribution < -0.4 is 10.6 Å². The average molecular weight is 397 g/mol. The number of benzene rings is 1. The van der Waals surface area contributed by atoms with E-state index in [0.29, 0.717) is 12.1 Å². The maximum atomic E-state index is 12.7. The number of hydrogen-bond donors (Lipinski definition) is 2. The first-order valence-corrected chi connectivity index (χ1v) is 9.69. The quantitative estimate of drug-likeness (QED) is 0.733. The zero-order chi connectivity index (χ0) is 21.3. The van der Waals surface area contributed by atoms with Crippen molar-refractivity contribution in [3.63, 3.8) is 0 Å². The summed E-state index contributed by atoms with van der Waals surface area (Å²) < 4.78 is 1.75. The lowest BCUT2D eigenvalue weighted by Gasteiger charge is -2.18. The number of urea groups is 1. The fraction of sp³-hybridized carbons (Fsp3) is 0.429. The van der Waals surface area contributed by atoms with Crippen LogP contribution in [0, 0.1) is 13.8 Å². The highest BCUT2D eigenvalue weighted by Crippen LogP contribution is 2.21. The molecule has 1 fully saturated rings. The van der Waals surface area contributed by atoms with E-state index in [4.69, 9.17) is 0 Å². The minimum absolute atomic E-state index is 0.137. The molecule has 4 amide bonds. The topological polar surface area (TPSA) is 96.3 Å². The second-order valence-corrected chi connectivity index (χ2v) is 7.93. The van der Waals surface area contributed by atoms with E-state index in [9.17, 15) is 14.4 Å². The third kappa shape index (κ3) is 4.16. The van der Waals surface area contributed by atoms with Crippen molar-refractivity contribution >= 4 is 23.5 Å². The number of amides is 4. The second kappa shape index (κ2) is 7.69. The Hall–Kier alpha value is -3.16. The Morgan fingerprint density at radius 2 is 1.86 bits per heavy atom. The lowest BCUT2D eigenvalue weighted by molar-refractivity contribution is -0.130. The van der Waals surface area contributed by atoms with E-state index in [1.54, 1.807) is 42.8 Å². The van der Waals surface area contributed by atoms with Gasteiger partial charge in [-0.25, -0.2) is 4.79 Å².